The monoisotopic (exact) mass is 187 g/mol. The molecule has 2 unspecified atom stereocenters. The standard InChI is InChI=1S/C11H13N3/c12-8-10-2-1-5-14-11(10)9-3-6-13-7-4-9/h1-3,5,10-11,13H,4,6-7H2. The zero-order valence-electron chi connectivity index (χ0n) is 7.98. The maximum Gasteiger partial charge on any atom is 0.0909 e. The number of allylic oxidation sites excluding steroid dienone is 1. The van der Waals surface area contributed by atoms with Gasteiger partial charge in [0.15, 0.2) is 0 Å². The first-order valence-electron chi connectivity index (χ1n) is 4.91. The van der Waals surface area contributed by atoms with E-state index in [1.807, 2.05) is 12.2 Å². The Morgan fingerprint density at radius 2 is 2.50 bits per heavy atom. The second-order valence-corrected chi connectivity index (χ2v) is 3.52. The molecule has 0 aliphatic carbocycles. The van der Waals surface area contributed by atoms with Crippen LogP contribution in [0.4, 0.5) is 0 Å². The molecule has 0 aromatic rings. The van der Waals surface area contributed by atoms with E-state index in [0.29, 0.717) is 0 Å². The molecule has 2 aliphatic heterocycles. The molecule has 2 aliphatic rings. The summed E-state index contributed by atoms with van der Waals surface area (Å²) in [6.45, 7) is 1.91. The first kappa shape index (κ1) is 9.17. The molecule has 0 fully saturated rings. The quantitative estimate of drug-likeness (QED) is 0.624. The van der Waals surface area contributed by atoms with Crippen molar-refractivity contribution in [1.29, 1.82) is 5.26 Å². The number of nitrogens with zero attached hydrogens (tertiary/aromatic N) is 2. The van der Waals surface area contributed by atoms with E-state index >= 15 is 0 Å². The third-order valence-electron chi connectivity index (χ3n) is 2.62. The average molecular weight is 187 g/mol. The maximum atomic E-state index is 8.97. The Labute approximate surface area is 83.8 Å². The fraction of sp³-hybridized carbons (Fsp3) is 0.455. The van der Waals surface area contributed by atoms with Crippen molar-refractivity contribution in [3.63, 3.8) is 0 Å². The van der Waals surface area contributed by atoms with E-state index in [1.165, 1.54) is 5.57 Å². The highest BCUT2D eigenvalue weighted by atomic mass is 14.9. The topological polar surface area (TPSA) is 48.2 Å². The Morgan fingerprint density at radius 3 is 3.21 bits per heavy atom. The molecule has 0 amide bonds. The Morgan fingerprint density at radius 1 is 1.57 bits per heavy atom. The summed E-state index contributed by atoms with van der Waals surface area (Å²) >= 11 is 0. The van der Waals surface area contributed by atoms with Gasteiger partial charge in [0.2, 0.25) is 0 Å². The van der Waals surface area contributed by atoms with Crippen LogP contribution in [0.3, 0.4) is 0 Å². The van der Waals surface area contributed by atoms with Crippen LogP contribution in [0.2, 0.25) is 0 Å². The Kier molecular flexibility index (Phi) is 2.76. The molecule has 0 bridgehead atoms. The van der Waals surface area contributed by atoms with E-state index < -0.39 is 0 Å². The van der Waals surface area contributed by atoms with Crippen molar-refractivity contribution in [2.24, 2.45) is 10.9 Å². The number of rotatable bonds is 1. The number of dihydropyridines is 1. The van der Waals surface area contributed by atoms with Crippen LogP contribution in [0.25, 0.3) is 0 Å². The van der Waals surface area contributed by atoms with Crippen LogP contribution in [0, 0.1) is 17.2 Å². The molecule has 2 rings (SSSR count). The minimum absolute atomic E-state index is 0.0621. The van der Waals surface area contributed by atoms with E-state index in [9.17, 15) is 0 Å². The van der Waals surface area contributed by atoms with Crippen LogP contribution in [0.1, 0.15) is 6.42 Å². The van der Waals surface area contributed by atoms with Crippen molar-refractivity contribution in [1.82, 2.24) is 5.32 Å². The molecule has 0 spiro atoms. The predicted octanol–water partition coefficient (Wildman–Crippen LogP) is 1.06. The van der Waals surface area contributed by atoms with Gasteiger partial charge in [0.1, 0.15) is 0 Å². The van der Waals surface area contributed by atoms with Gasteiger partial charge in [-0.2, -0.15) is 5.26 Å². The summed E-state index contributed by atoms with van der Waals surface area (Å²) in [5.41, 5.74) is 1.30. The van der Waals surface area contributed by atoms with Gasteiger partial charge >= 0.3 is 0 Å². The SMILES string of the molecule is N#CC1C=CC=NC1C1=CCNCC1. The zero-order valence-corrected chi connectivity index (χ0v) is 7.98. The summed E-state index contributed by atoms with van der Waals surface area (Å²) in [4.78, 5) is 4.38. The molecular weight excluding hydrogens is 174 g/mol. The zero-order chi connectivity index (χ0) is 9.80. The Balaban J connectivity index is 2.16. The van der Waals surface area contributed by atoms with Crippen LogP contribution < -0.4 is 5.32 Å². The van der Waals surface area contributed by atoms with Crippen molar-refractivity contribution in [2.45, 2.75) is 12.5 Å². The summed E-state index contributed by atoms with van der Waals surface area (Å²) in [5.74, 6) is -0.0793. The molecular formula is C11H13N3. The largest absolute Gasteiger partial charge is 0.313 e. The molecule has 3 nitrogen and oxygen atoms in total. The van der Waals surface area contributed by atoms with Gasteiger partial charge in [-0.3, -0.25) is 4.99 Å². The number of nitrogens with one attached hydrogen (secondary N) is 1. The van der Waals surface area contributed by atoms with E-state index in [-0.39, 0.29) is 12.0 Å². The lowest BCUT2D eigenvalue weighted by molar-refractivity contribution is 0.596. The number of hydrogen-bond acceptors (Lipinski definition) is 3. The van der Waals surface area contributed by atoms with Crippen LogP contribution >= 0.6 is 0 Å². The minimum atomic E-state index is -0.0793. The summed E-state index contributed by atoms with van der Waals surface area (Å²) < 4.78 is 0. The van der Waals surface area contributed by atoms with Gasteiger partial charge in [-0.25, -0.2) is 0 Å². The molecule has 2 atom stereocenters. The van der Waals surface area contributed by atoms with Crippen molar-refractivity contribution >= 4 is 6.21 Å². The summed E-state index contributed by atoms with van der Waals surface area (Å²) in [5, 5.41) is 12.2. The fourth-order valence-electron chi connectivity index (χ4n) is 1.86. The number of nitriles is 1. The first-order valence-corrected chi connectivity index (χ1v) is 4.91. The average Bonchev–Trinajstić information content (AvgIpc) is 2.30. The third-order valence-corrected chi connectivity index (χ3v) is 2.62. The Hall–Kier alpha value is -1.40. The molecule has 0 aromatic carbocycles. The molecule has 14 heavy (non-hydrogen) atoms. The fourth-order valence-corrected chi connectivity index (χ4v) is 1.86. The van der Waals surface area contributed by atoms with Crippen molar-refractivity contribution in [3.05, 3.63) is 23.8 Å². The van der Waals surface area contributed by atoms with Crippen LogP contribution in [0.15, 0.2) is 28.8 Å². The lowest BCUT2D eigenvalue weighted by Gasteiger charge is -2.23. The van der Waals surface area contributed by atoms with Crippen molar-refractivity contribution in [3.8, 4) is 6.07 Å². The molecule has 0 radical (unpaired) electrons. The Bertz CT molecular complexity index is 333. The number of hydrogen-bond donors (Lipinski definition) is 1. The van der Waals surface area contributed by atoms with Crippen molar-refractivity contribution in [2.75, 3.05) is 13.1 Å². The molecule has 0 saturated carbocycles. The molecule has 1 N–H and O–H groups in total. The highest BCUT2D eigenvalue weighted by Crippen LogP contribution is 2.23. The molecule has 0 saturated heterocycles. The minimum Gasteiger partial charge on any atom is -0.313 e. The molecule has 0 aromatic heterocycles. The highest BCUT2D eigenvalue weighted by Gasteiger charge is 2.23. The number of aliphatic imine (C=N–C) groups is 1. The summed E-state index contributed by atoms with van der Waals surface area (Å²) in [6, 6.07) is 2.35. The van der Waals surface area contributed by atoms with E-state index in [1.54, 1.807) is 6.21 Å². The second-order valence-electron chi connectivity index (χ2n) is 3.52. The van der Waals surface area contributed by atoms with Gasteiger partial charge in [0.25, 0.3) is 0 Å². The van der Waals surface area contributed by atoms with Gasteiger partial charge < -0.3 is 5.32 Å². The van der Waals surface area contributed by atoms with E-state index in [2.05, 4.69) is 22.5 Å². The lowest BCUT2D eigenvalue weighted by atomic mass is 9.89. The smallest absolute Gasteiger partial charge is 0.0909 e. The normalized spacial score (nSPS) is 30.9. The summed E-state index contributed by atoms with van der Waals surface area (Å²) in [6.07, 6.45) is 8.75. The predicted molar refractivity (Wildman–Crippen MR) is 56.1 cm³/mol. The van der Waals surface area contributed by atoms with Gasteiger partial charge in [-0.15, -0.1) is 0 Å². The third kappa shape index (κ3) is 1.75. The van der Waals surface area contributed by atoms with Gasteiger partial charge in [-0.1, -0.05) is 12.2 Å². The van der Waals surface area contributed by atoms with Crippen LogP contribution in [-0.4, -0.2) is 25.3 Å². The van der Waals surface area contributed by atoms with Gasteiger partial charge in [0.05, 0.1) is 18.0 Å². The summed E-state index contributed by atoms with van der Waals surface area (Å²) in [7, 11) is 0. The van der Waals surface area contributed by atoms with E-state index in [4.69, 9.17) is 5.26 Å². The highest BCUT2D eigenvalue weighted by molar-refractivity contribution is 5.73. The second kappa shape index (κ2) is 4.21. The van der Waals surface area contributed by atoms with E-state index in [0.717, 1.165) is 19.5 Å². The van der Waals surface area contributed by atoms with Crippen LogP contribution in [0.5, 0.6) is 0 Å². The van der Waals surface area contributed by atoms with Gasteiger partial charge in [-0.05, 0) is 24.6 Å². The van der Waals surface area contributed by atoms with Crippen molar-refractivity contribution < 1.29 is 0 Å². The lowest BCUT2D eigenvalue weighted by Crippen LogP contribution is -2.28. The molecule has 72 valence electrons. The molecule has 2 heterocycles. The first-order chi connectivity index (χ1) is 6.92. The maximum absolute atomic E-state index is 8.97. The molecule has 3 heteroatoms. The van der Waals surface area contributed by atoms with Crippen LogP contribution in [-0.2, 0) is 0 Å². The van der Waals surface area contributed by atoms with Gasteiger partial charge in [0, 0.05) is 12.8 Å².